The van der Waals surface area contributed by atoms with E-state index in [0.717, 1.165) is 32.2 Å². The van der Waals surface area contributed by atoms with E-state index in [0.29, 0.717) is 12.4 Å². The summed E-state index contributed by atoms with van der Waals surface area (Å²) in [6, 6.07) is 24.1. The highest BCUT2D eigenvalue weighted by atomic mass is 32.2. The number of para-hydroxylation sites is 4. The van der Waals surface area contributed by atoms with Crippen LogP contribution in [0.4, 0.5) is 11.4 Å². The van der Waals surface area contributed by atoms with Gasteiger partial charge < -0.3 is 9.47 Å². The Morgan fingerprint density at radius 1 is 0.848 bits per heavy atom. The molecular formula is C25H23N5O2S. The molecule has 33 heavy (non-hydrogen) atoms. The van der Waals surface area contributed by atoms with Gasteiger partial charge in [-0.1, -0.05) is 48.2 Å². The molecule has 2 heterocycles. The van der Waals surface area contributed by atoms with Crippen molar-refractivity contribution in [2.24, 2.45) is 7.05 Å². The molecule has 0 fully saturated rings. The standard InChI is InChI=1S/C25H23N5O2S/c1-29-18-9-3-2-8-17(18)26-23(29)16-25(32)28-27-24(31)14-15-30-19-10-4-6-12-21(19)33-22-13-7-5-11-20(22)30/h2-13H,14-16H2,1H3,(H,27,31)(H,28,32). The minimum atomic E-state index is -0.313. The molecule has 0 spiro atoms. The lowest BCUT2D eigenvalue weighted by atomic mass is 10.2. The fraction of sp³-hybridized carbons (Fsp3) is 0.160. The zero-order valence-corrected chi connectivity index (χ0v) is 18.9. The Balaban J connectivity index is 1.19. The number of hydrazine groups is 1. The molecule has 3 aromatic carbocycles. The first-order chi connectivity index (χ1) is 16.1. The first kappa shape index (κ1) is 21.1. The molecule has 2 amide bonds. The van der Waals surface area contributed by atoms with Gasteiger partial charge in [-0.05, 0) is 36.4 Å². The fourth-order valence-electron chi connectivity index (χ4n) is 3.98. The molecule has 0 saturated carbocycles. The third kappa shape index (κ3) is 4.29. The van der Waals surface area contributed by atoms with Gasteiger partial charge in [0, 0.05) is 29.8 Å². The molecule has 1 aliphatic heterocycles. The Morgan fingerprint density at radius 2 is 1.45 bits per heavy atom. The molecule has 0 bridgehead atoms. The van der Waals surface area contributed by atoms with E-state index in [1.54, 1.807) is 11.8 Å². The summed E-state index contributed by atoms with van der Waals surface area (Å²) >= 11 is 1.73. The van der Waals surface area contributed by atoms with Gasteiger partial charge in [-0.15, -0.1) is 0 Å². The third-order valence-electron chi connectivity index (χ3n) is 5.63. The van der Waals surface area contributed by atoms with E-state index < -0.39 is 0 Å². The topological polar surface area (TPSA) is 79.3 Å². The molecule has 1 aliphatic rings. The van der Waals surface area contributed by atoms with Crippen molar-refractivity contribution < 1.29 is 9.59 Å². The van der Waals surface area contributed by atoms with Crippen molar-refractivity contribution in [1.29, 1.82) is 0 Å². The lowest BCUT2D eigenvalue weighted by Crippen LogP contribution is -2.43. The average Bonchev–Trinajstić information content (AvgIpc) is 3.15. The van der Waals surface area contributed by atoms with Crippen LogP contribution in [-0.4, -0.2) is 27.9 Å². The first-order valence-corrected chi connectivity index (χ1v) is 11.5. The summed E-state index contributed by atoms with van der Waals surface area (Å²) in [4.78, 5) is 33.9. The number of nitrogens with zero attached hydrogens (tertiary/aromatic N) is 3. The number of nitrogens with one attached hydrogen (secondary N) is 2. The van der Waals surface area contributed by atoms with Crippen LogP contribution in [0.1, 0.15) is 12.2 Å². The number of anilines is 2. The normalized spacial score (nSPS) is 12.2. The molecule has 0 saturated heterocycles. The molecule has 2 N–H and O–H groups in total. The Labute approximate surface area is 195 Å². The molecule has 0 unspecified atom stereocenters. The van der Waals surface area contributed by atoms with E-state index in [9.17, 15) is 9.59 Å². The highest BCUT2D eigenvalue weighted by Crippen LogP contribution is 2.47. The van der Waals surface area contributed by atoms with E-state index in [4.69, 9.17) is 0 Å². The Kier molecular flexibility index (Phi) is 5.75. The summed E-state index contributed by atoms with van der Waals surface area (Å²) in [6.45, 7) is 0.501. The minimum Gasteiger partial charge on any atom is -0.339 e. The predicted molar refractivity (Wildman–Crippen MR) is 129 cm³/mol. The maximum atomic E-state index is 12.5. The van der Waals surface area contributed by atoms with Gasteiger partial charge in [-0.3, -0.25) is 20.4 Å². The molecule has 0 radical (unpaired) electrons. The number of rotatable bonds is 5. The molecule has 0 atom stereocenters. The smallest absolute Gasteiger partial charge is 0.245 e. The molecule has 8 heteroatoms. The van der Waals surface area contributed by atoms with Crippen molar-refractivity contribution in [3.63, 3.8) is 0 Å². The van der Waals surface area contributed by atoms with E-state index in [1.165, 1.54) is 0 Å². The minimum absolute atomic E-state index is 0.0789. The number of benzene rings is 3. The van der Waals surface area contributed by atoms with Crippen molar-refractivity contribution in [2.45, 2.75) is 22.6 Å². The quantitative estimate of drug-likeness (QED) is 0.444. The van der Waals surface area contributed by atoms with Crippen LogP contribution in [-0.2, 0) is 23.1 Å². The van der Waals surface area contributed by atoms with Crippen molar-refractivity contribution in [1.82, 2.24) is 20.4 Å². The van der Waals surface area contributed by atoms with Crippen LogP contribution in [0.25, 0.3) is 11.0 Å². The summed E-state index contributed by atoms with van der Waals surface area (Å²) in [5.74, 6) is 0.0790. The molecule has 166 valence electrons. The van der Waals surface area contributed by atoms with Crippen molar-refractivity contribution in [3.8, 4) is 0 Å². The number of hydrogen-bond donors (Lipinski definition) is 2. The molecule has 7 nitrogen and oxygen atoms in total. The Morgan fingerprint density at radius 3 is 2.15 bits per heavy atom. The zero-order valence-electron chi connectivity index (χ0n) is 18.1. The largest absolute Gasteiger partial charge is 0.339 e. The van der Waals surface area contributed by atoms with Gasteiger partial charge in [0.1, 0.15) is 5.82 Å². The second kappa shape index (κ2) is 8.99. The monoisotopic (exact) mass is 457 g/mol. The number of carbonyl (C=O) groups is 2. The van der Waals surface area contributed by atoms with Crippen LogP contribution in [0.2, 0.25) is 0 Å². The number of aryl methyl sites for hydroxylation is 1. The van der Waals surface area contributed by atoms with E-state index >= 15 is 0 Å². The molecular weight excluding hydrogens is 434 g/mol. The molecule has 1 aromatic heterocycles. The lowest BCUT2D eigenvalue weighted by Gasteiger charge is -2.32. The average molecular weight is 458 g/mol. The number of carbonyl (C=O) groups excluding carboxylic acids is 2. The van der Waals surface area contributed by atoms with E-state index in [-0.39, 0.29) is 24.7 Å². The van der Waals surface area contributed by atoms with E-state index in [2.05, 4.69) is 45.0 Å². The van der Waals surface area contributed by atoms with Gasteiger partial charge in [0.25, 0.3) is 0 Å². The highest BCUT2D eigenvalue weighted by molar-refractivity contribution is 7.99. The number of amides is 2. The lowest BCUT2D eigenvalue weighted by molar-refractivity contribution is -0.128. The van der Waals surface area contributed by atoms with Crippen LogP contribution in [0.3, 0.4) is 0 Å². The fourth-order valence-corrected chi connectivity index (χ4v) is 5.07. The van der Waals surface area contributed by atoms with Crippen LogP contribution >= 0.6 is 11.8 Å². The van der Waals surface area contributed by atoms with Gasteiger partial charge in [-0.25, -0.2) is 4.98 Å². The Bertz CT molecular complexity index is 1300. The van der Waals surface area contributed by atoms with Crippen molar-refractivity contribution >= 4 is 46.0 Å². The number of hydrogen-bond acceptors (Lipinski definition) is 5. The molecule has 5 rings (SSSR count). The van der Waals surface area contributed by atoms with Gasteiger partial charge in [-0.2, -0.15) is 0 Å². The number of aromatic nitrogens is 2. The number of imidazole rings is 1. The van der Waals surface area contributed by atoms with Gasteiger partial charge in [0.05, 0.1) is 28.8 Å². The second-order valence-corrected chi connectivity index (χ2v) is 8.87. The second-order valence-electron chi connectivity index (χ2n) is 7.79. The van der Waals surface area contributed by atoms with Crippen LogP contribution in [0.5, 0.6) is 0 Å². The van der Waals surface area contributed by atoms with E-state index in [1.807, 2.05) is 60.1 Å². The maximum Gasteiger partial charge on any atom is 0.245 e. The predicted octanol–water partition coefficient (Wildman–Crippen LogP) is 3.96. The van der Waals surface area contributed by atoms with Gasteiger partial charge in [0.2, 0.25) is 11.8 Å². The first-order valence-electron chi connectivity index (χ1n) is 10.7. The summed E-state index contributed by atoms with van der Waals surface area (Å²) in [5, 5.41) is 0. The highest BCUT2D eigenvalue weighted by Gasteiger charge is 2.23. The van der Waals surface area contributed by atoms with Gasteiger partial charge >= 0.3 is 0 Å². The summed E-state index contributed by atoms with van der Waals surface area (Å²) < 4.78 is 1.89. The number of fused-ring (bicyclic) bond motifs is 3. The molecule has 0 aliphatic carbocycles. The summed E-state index contributed by atoms with van der Waals surface area (Å²) in [7, 11) is 1.88. The van der Waals surface area contributed by atoms with Crippen molar-refractivity contribution in [3.05, 3.63) is 78.6 Å². The SMILES string of the molecule is Cn1c(CC(=O)NNC(=O)CCN2c3ccccc3Sc3ccccc32)nc2ccccc21. The zero-order chi connectivity index (χ0) is 22.8. The summed E-state index contributed by atoms with van der Waals surface area (Å²) in [6.07, 6.45) is 0.315. The van der Waals surface area contributed by atoms with Crippen LogP contribution < -0.4 is 15.8 Å². The van der Waals surface area contributed by atoms with Crippen LogP contribution in [0.15, 0.2) is 82.6 Å². The van der Waals surface area contributed by atoms with Crippen molar-refractivity contribution in [2.75, 3.05) is 11.4 Å². The summed E-state index contributed by atoms with van der Waals surface area (Å²) in [5.41, 5.74) is 9.02. The molecule has 4 aromatic rings. The third-order valence-corrected chi connectivity index (χ3v) is 6.76. The Hall–Kier alpha value is -3.78. The van der Waals surface area contributed by atoms with Crippen LogP contribution in [0, 0.1) is 0 Å². The maximum absolute atomic E-state index is 12.5. The van der Waals surface area contributed by atoms with Gasteiger partial charge in [0.15, 0.2) is 0 Å².